The smallest absolute Gasteiger partial charge is 0.345 e. The molecule has 2 aromatic rings. The van der Waals surface area contributed by atoms with Crippen molar-refractivity contribution in [1.82, 2.24) is 0 Å². The molecule has 0 bridgehead atoms. The number of nitrogens with one attached hydrogen (secondary N) is 2. The Bertz CT molecular complexity index is 627. The maximum absolute atomic E-state index is 12.9. The summed E-state index contributed by atoms with van der Waals surface area (Å²) >= 11 is 0.937. The summed E-state index contributed by atoms with van der Waals surface area (Å²) in [5.41, 5.74) is 0.313. The van der Waals surface area contributed by atoms with Crippen LogP contribution in [-0.4, -0.2) is 17.1 Å². The summed E-state index contributed by atoms with van der Waals surface area (Å²) in [6.07, 6.45) is 0. The Hall–Kier alpha value is -2.41. The van der Waals surface area contributed by atoms with Crippen molar-refractivity contribution >= 4 is 34.0 Å². The van der Waals surface area contributed by atoms with Gasteiger partial charge in [-0.1, -0.05) is 6.07 Å². The van der Waals surface area contributed by atoms with Crippen LogP contribution in [-0.2, 0) is 0 Å². The predicted octanol–water partition coefficient (Wildman–Crippen LogP) is 3.23. The van der Waals surface area contributed by atoms with Gasteiger partial charge in [0.1, 0.15) is 10.7 Å². The molecular weight excluding hydrogens is 271 g/mol. The minimum Gasteiger partial charge on any atom is -0.477 e. The second kappa shape index (κ2) is 5.49. The van der Waals surface area contributed by atoms with Crippen LogP contribution >= 0.6 is 11.3 Å². The fourth-order valence-corrected chi connectivity index (χ4v) is 2.10. The molecule has 2 rings (SSSR count). The van der Waals surface area contributed by atoms with E-state index in [1.807, 2.05) is 0 Å². The summed E-state index contributed by atoms with van der Waals surface area (Å²) in [7, 11) is 0. The van der Waals surface area contributed by atoms with Crippen LogP contribution in [0.15, 0.2) is 36.4 Å². The third-order valence-corrected chi connectivity index (χ3v) is 3.12. The summed E-state index contributed by atoms with van der Waals surface area (Å²) in [5.74, 6) is -1.51. The van der Waals surface area contributed by atoms with E-state index in [-0.39, 0.29) is 4.88 Å². The van der Waals surface area contributed by atoms with Crippen molar-refractivity contribution in [2.45, 2.75) is 0 Å². The van der Waals surface area contributed by atoms with E-state index < -0.39 is 17.8 Å². The molecule has 0 atom stereocenters. The summed E-state index contributed by atoms with van der Waals surface area (Å²) in [5, 5.41) is 14.0. The molecule has 0 aliphatic rings. The average molecular weight is 280 g/mol. The maximum atomic E-state index is 12.9. The first-order valence-electron chi connectivity index (χ1n) is 5.21. The van der Waals surface area contributed by atoms with Gasteiger partial charge in [-0.3, -0.25) is 5.32 Å². The molecule has 0 saturated carbocycles. The van der Waals surface area contributed by atoms with Gasteiger partial charge >= 0.3 is 12.0 Å². The summed E-state index contributed by atoms with van der Waals surface area (Å²) in [6.45, 7) is 0. The molecule has 0 unspecified atom stereocenters. The van der Waals surface area contributed by atoms with Gasteiger partial charge in [0.25, 0.3) is 0 Å². The molecule has 98 valence electrons. The normalized spacial score (nSPS) is 9.95. The van der Waals surface area contributed by atoms with Crippen LogP contribution in [0.3, 0.4) is 0 Å². The van der Waals surface area contributed by atoms with E-state index in [9.17, 15) is 14.0 Å². The number of anilines is 2. The highest BCUT2D eigenvalue weighted by molar-refractivity contribution is 7.18. The third-order valence-electron chi connectivity index (χ3n) is 2.14. The van der Waals surface area contributed by atoms with Crippen molar-refractivity contribution in [1.29, 1.82) is 0 Å². The minimum atomic E-state index is -1.05. The number of hydrogen-bond donors (Lipinski definition) is 3. The SMILES string of the molecule is O=C(Nc1cccc(F)c1)Nc1ccc(C(=O)O)s1. The summed E-state index contributed by atoms with van der Waals surface area (Å²) in [4.78, 5) is 22.4. The van der Waals surface area contributed by atoms with Gasteiger partial charge in [0.05, 0.1) is 5.00 Å². The molecule has 0 spiro atoms. The number of rotatable bonds is 3. The number of benzene rings is 1. The second-order valence-electron chi connectivity index (χ2n) is 3.56. The molecule has 0 fully saturated rings. The fourth-order valence-electron chi connectivity index (χ4n) is 1.36. The molecular formula is C12H9FN2O3S. The Morgan fingerprint density at radius 2 is 1.95 bits per heavy atom. The lowest BCUT2D eigenvalue weighted by Crippen LogP contribution is -2.18. The van der Waals surface area contributed by atoms with Crippen molar-refractivity contribution in [3.8, 4) is 0 Å². The van der Waals surface area contributed by atoms with Crippen LogP contribution in [0.5, 0.6) is 0 Å². The van der Waals surface area contributed by atoms with Gasteiger partial charge in [-0.05, 0) is 30.3 Å². The van der Waals surface area contributed by atoms with Gasteiger partial charge in [0.2, 0.25) is 0 Å². The number of carboxylic acid groups (broad SMARTS) is 1. The molecule has 1 heterocycles. The number of carbonyl (C=O) groups is 2. The maximum Gasteiger partial charge on any atom is 0.345 e. The van der Waals surface area contributed by atoms with Crippen molar-refractivity contribution < 1.29 is 19.1 Å². The molecule has 0 aliphatic heterocycles. The van der Waals surface area contributed by atoms with Crippen LogP contribution in [0, 0.1) is 5.82 Å². The summed E-state index contributed by atoms with van der Waals surface area (Å²) < 4.78 is 12.9. The standard InChI is InChI=1S/C12H9FN2O3S/c13-7-2-1-3-8(6-7)14-12(18)15-10-5-4-9(19-10)11(16)17/h1-6H,(H,16,17)(H2,14,15,18). The largest absolute Gasteiger partial charge is 0.477 e. The Labute approximate surface area is 111 Å². The number of aromatic carboxylic acids is 1. The first-order valence-corrected chi connectivity index (χ1v) is 6.03. The molecule has 2 amide bonds. The van der Waals surface area contributed by atoms with E-state index in [2.05, 4.69) is 10.6 Å². The van der Waals surface area contributed by atoms with Gasteiger partial charge < -0.3 is 10.4 Å². The van der Waals surface area contributed by atoms with Gasteiger partial charge in [-0.15, -0.1) is 11.3 Å². The topological polar surface area (TPSA) is 78.4 Å². The van der Waals surface area contributed by atoms with Crippen molar-refractivity contribution in [3.63, 3.8) is 0 Å². The Morgan fingerprint density at radius 3 is 2.58 bits per heavy atom. The number of carbonyl (C=O) groups excluding carboxylic acids is 1. The van der Waals surface area contributed by atoms with Crippen molar-refractivity contribution in [3.05, 3.63) is 47.1 Å². The van der Waals surface area contributed by atoms with E-state index >= 15 is 0 Å². The number of thiophene rings is 1. The van der Waals surface area contributed by atoms with Crippen LogP contribution in [0.1, 0.15) is 9.67 Å². The van der Waals surface area contributed by atoms with Crippen molar-refractivity contribution in [2.24, 2.45) is 0 Å². The molecule has 19 heavy (non-hydrogen) atoms. The molecule has 0 radical (unpaired) electrons. The zero-order valence-corrected chi connectivity index (χ0v) is 10.3. The number of carboxylic acids is 1. The Morgan fingerprint density at radius 1 is 1.16 bits per heavy atom. The lowest BCUT2D eigenvalue weighted by Gasteiger charge is -2.05. The van der Waals surface area contributed by atoms with Crippen LogP contribution in [0.2, 0.25) is 0 Å². The highest BCUT2D eigenvalue weighted by Crippen LogP contribution is 2.22. The van der Waals surface area contributed by atoms with E-state index in [0.717, 1.165) is 11.3 Å². The van der Waals surface area contributed by atoms with Gasteiger partial charge in [-0.2, -0.15) is 0 Å². The second-order valence-corrected chi connectivity index (χ2v) is 4.64. The van der Waals surface area contributed by atoms with Gasteiger partial charge in [-0.25, -0.2) is 14.0 Å². The van der Waals surface area contributed by atoms with Gasteiger partial charge in [0.15, 0.2) is 0 Å². The highest BCUT2D eigenvalue weighted by atomic mass is 32.1. The average Bonchev–Trinajstić information content (AvgIpc) is 2.77. The molecule has 0 aliphatic carbocycles. The summed E-state index contributed by atoms with van der Waals surface area (Å²) in [6, 6.07) is 7.77. The number of hydrogen-bond acceptors (Lipinski definition) is 3. The van der Waals surface area contributed by atoms with E-state index in [4.69, 9.17) is 5.11 Å². The van der Waals surface area contributed by atoms with Crippen molar-refractivity contribution in [2.75, 3.05) is 10.6 Å². The molecule has 0 saturated heterocycles. The monoisotopic (exact) mass is 280 g/mol. The fraction of sp³-hybridized carbons (Fsp3) is 0. The predicted molar refractivity (Wildman–Crippen MR) is 70.3 cm³/mol. The highest BCUT2D eigenvalue weighted by Gasteiger charge is 2.09. The lowest BCUT2D eigenvalue weighted by atomic mass is 10.3. The third kappa shape index (κ3) is 3.52. The van der Waals surface area contributed by atoms with Gasteiger partial charge in [0, 0.05) is 5.69 Å². The minimum absolute atomic E-state index is 0.126. The molecule has 1 aromatic heterocycles. The van der Waals surface area contributed by atoms with E-state index in [1.165, 1.54) is 30.3 Å². The number of urea groups is 1. The first kappa shape index (κ1) is 13.0. The number of halogens is 1. The molecule has 3 N–H and O–H groups in total. The van der Waals surface area contributed by atoms with E-state index in [0.29, 0.717) is 10.7 Å². The molecule has 5 nitrogen and oxygen atoms in total. The Kier molecular flexibility index (Phi) is 3.76. The van der Waals surface area contributed by atoms with E-state index in [1.54, 1.807) is 6.07 Å². The number of amides is 2. The Balaban J connectivity index is 1.99. The zero-order valence-electron chi connectivity index (χ0n) is 9.51. The first-order chi connectivity index (χ1) is 9.04. The lowest BCUT2D eigenvalue weighted by molar-refractivity contribution is 0.0702. The molecule has 1 aromatic carbocycles. The van der Waals surface area contributed by atoms with Crippen LogP contribution in [0.4, 0.5) is 19.9 Å². The molecule has 7 heteroatoms. The van der Waals surface area contributed by atoms with Crippen LogP contribution in [0.25, 0.3) is 0 Å². The quantitative estimate of drug-likeness (QED) is 0.807. The van der Waals surface area contributed by atoms with Crippen LogP contribution < -0.4 is 10.6 Å². The zero-order chi connectivity index (χ0) is 13.8.